The summed E-state index contributed by atoms with van der Waals surface area (Å²) in [7, 11) is 0. The van der Waals surface area contributed by atoms with Gasteiger partial charge in [0.25, 0.3) is 0 Å². The summed E-state index contributed by atoms with van der Waals surface area (Å²) >= 11 is 0. The second kappa shape index (κ2) is 3.97. The van der Waals surface area contributed by atoms with Gasteiger partial charge in [-0.2, -0.15) is 5.26 Å². The van der Waals surface area contributed by atoms with Crippen molar-refractivity contribution in [1.29, 1.82) is 5.26 Å². The molecule has 3 rings (SSSR count). The van der Waals surface area contributed by atoms with Gasteiger partial charge in [0.15, 0.2) is 0 Å². The largest absolute Gasteiger partial charge is 0.340 e. The van der Waals surface area contributed by atoms with Crippen LogP contribution >= 0.6 is 0 Å². The molecule has 0 amide bonds. The molecule has 1 N–H and O–H groups in total. The van der Waals surface area contributed by atoms with Crippen LogP contribution in [-0.2, 0) is 0 Å². The summed E-state index contributed by atoms with van der Waals surface area (Å²) in [5, 5.41) is 12.3. The second-order valence-corrected chi connectivity index (χ2v) is 4.89. The predicted octanol–water partition coefficient (Wildman–Crippen LogP) is 0.312. The fraction of sp³-hybridized carbons (Fsp3) is 0.583. The highest BCUT2D eigenvalue weighted by Gasteiger charge is 2.37. The summed E-state index contributed by atoms with van der Waals surface area (Å²) in [6.07, 6.45) is 0. The van der Waals surface area contributed by atoms with Crippen LogP contribution in [0.2, 0.25) is 0 Å². The number of nitriles is 1. The monoisotopic (exact) mass is 229 g/mol. The van der Waals surface area contributed by atoms with E-state index in [9.17, 15) is 0 Å². The molecular weight excluding hydrogens is 214 g/mol. The van der Waals surface area contributed by atoms with Crippen molar-refractivity contribution >= 4 is 5.95 Å². The highest BCUT2D eigenvalue weighted by atomic mass is 15.3. The maximum absolute atomic E-state index is 8.92. The first-order valence-corrected chi connectivity index (χ1v) is 5.97. The third-order valence-corrected chi connectivity index (χ3v) is 3.63. The van der Waals surface area contributed by atoms with Crippen molar-refractivity contribution < 1.29 is 0 Å². The Balaban J connectivity index is 1.86. The minimum Gasteiger partial charge on any atom is -0.340 e. The molecule has 2 fully saturated rings. The van der Waals surface area contributed by atoms with Crippen molar-refractivity contribution in [3.8, 4) is 6.07 Å². The Morgan fingerprint density at radius 1 is 1.35 bits per heavy atom. The number of hydrogen-bond acceptors (Lipinski definition) is 5. The van der Waals surface area contributed by atoms with Gasteiger partial charge < -0.3 is 10.2 Å². The zero-order valence-electron chi connectivity index (χ0n) is 9.85. The molecule has 0 saturated carbocycles. The van der Waals surface area contributed by atoms with Crippen LogP contribution < -0.4 is 10.2 Å². The molecule has 2 aliphatic heterocycles. The summed E-state index contributed by atoms with van der Waals surface area (Å²) < 4.78 is 0. The molecule has 1 aromatic heterocycles. The van der Waals surface area contributed by atoms with Crippen LogP contribution in [0.5, 0.6) is 0 Å². The average Bonchev–Trinajstić information content (AvgIpc) is 2.88. The molecule has 5 heteroatoms. The van der Waals surface area contributed by atoms with Gasteiger partial charge in [-0.1, -0.05) is 0 Å². The summed E-state index contributed by atoms with van der Waals surface area (Å²) in [4.78, 5) is 10.9. The minimum atomic E-state index is 0.461. The van der Waals surface area contributed by atoms with Gasteiger partial charge in [-0.25, -0.2) is 9.97 Å². The van der Waals surface area contributed by atoms with Crippen LogP contribution in [0.4, 0.5) is 5.95 Å². The quantitative estimate of drug-likeness (QED) is 0.751. The van der Waals surface area contributed by atoms with E-state index >= 15 is 0 Å². The smallest absolute Gasteiger partial charge is 0.226 e. The van der Waals surface area contributed by atoms with Crippen LogP contribution in [0.3, 0.4) is 0 Å². The van der Waals surface area contributed by atoms with E-state index in [1.54, 1.807) is 6.07 Å². The van der Waals surface area contributed by atoms with Crippen LogP contribution in [0.15, 0.2) is 6.07 Å². The van der Waals surface area contributed by atoms with E-state index in [4.69, 9.17) is 5.26 Å². The van der Waals surface area contributed by atoms with Crippen LogP contribution in [0.1, 0.15) is 11.4 Å². The van der Waals surface area contributed by atoms with Crippen molar-refractivity contribution in [2.75, 3.05) is 31.1 Å². The zero-order chi connectivity index (χ0) is 11.8. The molecule has 1 aromatic rings. The van der Waals surface area contributed by atoms with E-state index in [2.05, 4.69) is 26.3 Å². The molecule has 0 radical (unpaired) electrons. The normalized spacial score (nSPS) is 26.9. The molecule has 0 spiro atoms. The Kier molecular flexibility index (Phi) is 2.45. The molecule has 0 aromatic carbocycles. The van der Waals surface area contributed by atoms with Crippen LogP contribution in [0.25, 0.3) is 0 Å². The van der Waals surface area contributed by atoms with Gasteiger partial charge in [0.2, 0.25) is 5.95 Å². The molecule has 3 heterocycles. The number of nitrogens with one attached hydrogen (secondary N) is 1. The molecule has 17 heavy (non-hydrogen) atoms. The third-order valence-electron chi connectivity index (χ3n) is 3.63. The van der Waals surface area contributed by atoms with Gasteiger partial charge in [-0.05, 0) is 24.8 Å². The van der Waals surface area contributed by atoms with Gasteiger partial charge in [-0.3, -0.25) is 0 Å². The highest BCUT2D eigenvalue weighted by Crippen LogP contribution is 2.28. The molecule has 0 aliphatic carbocycles. The first kappa shape index (κ1) is 10.5. The molecule has 2 saturated heterocycles. The maximum Gasteiger partial charge on any atom is 0.226 e. The first-order valence-electron chi connectivity index (χ1n) is 5.97. The van der Waals surface area contributed by atoms with Crippen molar-refractivity contribution in [3.63, 3.8) is 0 Å². The Morgan fingerprint density at radius 3 is 2.71 bits per heavy atom. The van der Waals surface area contributed by atoms with E-state index in [0.717, 1.165) is 37.8 Å². The van der Waals surface area contributed by atoms with Crippen LogP contribution in [-0.4, -0.2) is 36.1 Å². The predicted molar refractivity (Wildman–Crippen MR) is 63.5 cm³/mol. The summed E-state index contributed by atoms with van der Waals surface area (Å²) in [6, 6.07) is 3.82. The maximum atomic E-state index is 8.92. The lowest BCUT2D eigenvalue weighted by Gasteiger charge is -2.17. The van der Waals surface area contributed by atoms with E-state index in [0.29, 0.717) is 17.5 Å². The molecule has 2 unspecified atom stereocenters. The molecule has 5 nitrogen and oxygen atoms in total. The van der Waals surface area contributed by atoms with E-state index in [-0.39, 0.29) is 0 Å². The summed E-state index contributed by atoms with van der Waals surface area (Å²) in [5.41, 5.74) is 1.32. The number of anilines is 1. The first-order chi connectivity index (χ1) is 8.26. The Labute approximate surface area is 100 Å². The lowest BCUT2D eigenvalue weighted by atomic mass is 10.0. The molecular formula is C12H15N5. The lowest BCUT2D eigenvalue weighted by molar-refractivity contribution is 0.533. The summed E-state index contributed by atoms with van der Waals surface area (Å²) in [6.45, 7) is 6.11. The highest BCUT2D eigenvalue weighted by molar-refractivity contribution is 5.37. The SMILES string of the molecule is Cc1cc(C#N)nc(N2CC3CNCC3C2)n1. The minimum absolute atomic E-state index is 0.461. The van der Waals surface area contributed by atoms with Gasteiger partial charge >= 0.3 is 0 Å². The molecule has 2 atom stereocenters. The number of rotatable bonds is 1. The van der Waals surface area contributed by atoms with Gasteiger partial charge in [-0.15, -0.1) is 0 Å². The molecule has 0 bridgehead atoms. The van der Waals surface area contributed by atoms with E-state index in [1.165, 1.54) is 0 Å². The molecule has 2 aliphatic rings. The van der Waals surface area contributed by atoms with Crippen molar-refractivity contribution in [2.24, 2.45) is 11.8 Å². The Morgan fingerprint density at radius 2 is 2.06 bits per heavy atom. The number of nitrogens with zero attached hydrogens (tertiary/aromatic N) is 4. The van der Waals surface area contributed by atoms with E-state index < -0.39 is 0 Å². The van der Waals surface area contributed by atoms with Gasteiger partial charge in [0.05, 0.1) is 0 Å². The van der Waals surface area contributed by atoms with Crippen LogP contribution in [0, 0.1) is 30.1 Å². The fourth-order valence-electron chi connectivity index (χ4n) is 2.77. The second-order valence-electron chi connectivity index (χ2n) is 4.89. The average molecular weight is 229 g/mol. The van der Waals surface area contributed by atoms with Gasteiger partial charge in [0.1, 0.15) is 11.8 Å². The summed E-state index contributed by atoms with van der Waals surface area (Å²) in [5.74, 6) is 2.14. The number of aryl methyl sites for hydroxylation is 1. The number of fused-ring (bicyclic) bond motifs is 1. The number of aromatic nitrogens is 2. The zero-order valence-corrected chi connectivity index (χ0v) is 9.85. The van der Waals surface area contributed by atoms with Crippen molar-refractivity contribution in [3.05, 3.63) is 17.5 Å². The van der Waals surface area contributed by atoms with Gasteiger partial charge in [0, 0.05) is 31.9 Å². The molecule has 88 valence electrons. The van der Waals surface area contributed by atoms with Crippen molar-refractivity contribution in [1.82, 2.24) is 15.3 Å². The standard InChI is InChI=1S/C12H15N5/c1-8-2-11(3-13)16-12(15-8)17-6-9-4-14-5-10(9)7-17/h2,9-10,14H,4-7H2,1H3. The Bertz CT molecular complexity index is 466. The number of hydrogen-bond donors (Lipinski definition) is 1. The fourth-order valence-corrected chi connectivity index (χ4v) is 2.77. The topological polar surface area (TPSA) is 64.8 Å². The van der Waals surface area contributed by atoms with Crippen molar-refractivity contribution in [2.45, 2.75) is 6.92 Å². The lowest BCUT2D eigenvalue weighted by Crippen LogP contribution is -2.27. The third kappa shape index (κ3) is 1.85. The van der Waals surface area contributed by atoms with E-state index in [1.807, 2.05) is 6.92 Å². The Hall–Kier alpha value is -1.67.